The number of nitrogens with zero attached hydrogens (tertiary/aromatic N) is 1. The van der Waals surface area contributed by atoms with Gasteiger partial charge in [-0.05, 0) is 27.3 Å². The molecule has 4 nitrogen and oxygen atoms in total. The average Bonchev–Trinajstić information content (AvgIpc) is 2.65. The lowest BCUT2D eigenvalue weighted by molar-refractivity contribution is -0.0944. The van der Waals surface area contributed by atoms with E-state index in [-0.39, 0.29) is 5.60 Å². The lowest BCUT2D eigenvalue weighted by atomic mass is 9.86. The summed E-state index contributed by atoms with van der Waals surface area (Å²) in [6.07, 6.45) is 1.17. The summed E-state index contributed by atoms with van der Waals surface area (Å²) in [5.74, 6) is 0. The highest BCUT2D eigenvalue weighted by molar-refractivity contribution is 4.90. The maximum absolute atomic E-state index is 5.76. The van der Waals surface area contributed by atoms with Crippen molar-refractivity contribution in [3.05, 3.63) is 0 Å². The summed E-state index contributed by atoms with van der Waals surface area (Å²) in [6, 6.07) is 0. The smallest absolute Gasteiger partial charge is 0.0753 e. The van der Waals surface area contributed by atoms with E-state index in [0.29, 0.717) is 5.41 Å². The van der Waals surface area contributed by atoms with Gasteiger partial charge in [0.2, 0.25) is 0 Å². The van der Waals surface area contributed by atoms with Gasteiger partial charge in [0.25, 0.3) is 0 Å². The fraction of sp³-hybridized carbons (Fsp3) is 1.00. The van der Waals surface area contributed by atoms with E-state index in [0.717, 1.165) is 46.0 Å². The molecule has 17 heavy (non-hydrogen) atoms. The molecule has 1 unspecified atom stereocenters. The Balaban J connectivity index is 1.93. The summed E-state index contributed by atoms with van der Waals surface area (Å²) in [5.41, 5.74) is 0.306. The van der Waals surface area contributed by atoms with Gasteiger partial charge in [-0.25, -0.2) is 0 Å². The van der Waals surface area contributed by atoms with Crippen LogP contribution in [0, 0.1) is 5.41 Å². The van der Waals surface area contributed by atoms with Gasteiger partial charge < -0.3 is 14.8 Å². The summed E-state index contributed by atoms with van der Waals surface area (Å²) in [6.45, 7) is 11.3. The predicted octanol–water partition coefficient (Wildman–Crippen LogP) is 0.723. The zero-order valence-corrected chi connectivity index (χ0v) is 11.4. The molecular weight excluding hydrogens is 216 g/mol. The van der Waals surface area contributed by atoms with Crippen molar-refractivity contribution in [2.45, 2.75) is 25.9 Å². The first kappa shape index (κ1) is 13.3. The minimum Gasteiger partial charge on any atom is -0.381 e. The zero-order valence-electron chi connectivity index (χ0n) is 11.4. The number of nitrogens with one attached hydrogen (secondary N) is 1. The molecule has 2 aliphatic heterocycles. The van der Waals surface area contributed by atoms with Crippen molar-refractivity contribution in [3.8, 4) is 0 Å². The highest BCUT2D eigenvalue weighted by atomic mass is 16.5. The summed E-state index contributed by atoms with van der Waals surface area (Å²) >= 11 is 0. The van der Waals surface area contributed by atoms with Gasteiger partial charge >= 0.3 is 0 Å². The van der Waals surface area contributed by atoms with Crippen LogP contribution in [0.2, 0.25) is 0 Å². The molecule has 2 fully saturated rings. The van der Waals surface area contributed by atoms with Crippen molar-refractivity contribution in [1.82, 2.24) is 10.2 Å². The predicted molar refractivity (Wildman–Crippen MR) is 68.3 cm³/mol. The van der Waals surface area contributed by atoms with Crippen molar-refractivity contribution in [2.75, 3.05) is 53.0 Å². The molecule has 1 N–H and O–H groups in total. The van der Waals surface area contributed by atoms with Crippen LogP contribution in [0.1, 0.15) is 20.3 Å². The van der Waals surface area contributed by atoms with Crippen molar-refractivity contribution in [3.63, 3.8) is 0 Å². The number of rotatable bonds is 4. The lowest BCUT2D eigenvalue weighted by Crippen LogP contribution is -2.53. The van der Waals surface area contributed by atoms with Gasteiger partial charge in [0.1, 0.15) is 0 Å². The lowest BCUT2D eigenvalue weighted by Gasteiger charge is -2.42. The second-order valence-electron chi connectivity index (χ2n) is 6.15. The minimum atomic E-state index is -0.00144. The van der Waals surface area contributed by atoms with E-state index in [9.17, 15) is 0 Å². The Morgan fingerprint density at radius 1 is 1.29 bits per heavy atom. The van der Waals surface area contributed by atoms with E-state index >= 15 is 0 Å². The summed E-state index contributed by atoms with van der Waals surface area (Å²) in [5, 5.41) is 3.32. The normalized spacial score (nSPS) is 34.1. The van der Waals surface area contributed by atoms with Gasteiger partial charge in [0.15, 0.2) is 0 Å². The monoisotopic (exact) mass is 242 g/mol. The first-order valence-electron chi connectivity index (χ1n) is 6.64. The van der Waals surface area contributed by atoms with Gasteiger partial charge in [0, 0.05) is 38.2 Å². The fourth-order valence-corrected chi connectivity index (χ4v) is 3.07. The topological polar surface area (TPSA) is 33.7 Å². The molecule has 4 heteroatoms. The quantitative estimate of drug-likeness (QED) is 0.788. The van der Waals surface area contributed by atoms with Gasteiger partial charge in [-0.1, -0.05) is 0 Å². The number of hydrogen-bond donors (Lipinski definition) is 1. The van der Waals surface area contributed by atoms with Crippen LogP contribution in [0.15, 0.2) is 0 Å². The molecule has 2 saturated heterocycles. The Labute approximate surface area is 105 Å². The Hall–Kier alpha value is -0.160. The van der Waals surface area contributed by atoms with Crippen molar-refractivity contribution >= 4 is 0 Å². The van der Waals surface area contributed by atoms with E-state index in [4.69, 9.17) is 9.47 Å². The van der Waals surface area contributed by atoms with Crippen molar-refractivity contribution in [1.29, 1.82) is 0 Å². The van der Waals surface area contributed by atoms with Crippen LogP contribution in [0.3, 0.4) is 0 Å². The summed E-state index contributed by atoms with van der Waals surface area (Å²) in [7, 11) is 2.03. The molecule has 0 aliphatic carbocycles. The number of ether oxygens (including phenoxy) is 2. The zero-order chi connectivity index (χ0) is 12.4. The van der Waals surface area contributed by atoms with Crippen LogP contribution in [-0.2, 0) is 9.47 Å². The fourth-order valence-electron chi connectivity index (χ4n) is 3.07. The standard InChI is InChI=1S/C13H26N2O2/c1-12(2)9-15(5-7-17-12)10-13(8-14-3)4-6-16-11-13/h14H,4-11H2,1-3H3. The van der Waals surface area contributed by atoms with Gasteiger partial charge in [-0.2, -0.15) is 0 Å². The minimum absolute atomic E-state index is 0.00144. The van der Waals surface area contributed by atoms with Crippen LogP contribution in [0.25, 0.3) is 0 Å². The molecule has 0 aromatic rings. The maximum Gasteiger partial charge on any atom is 0.0753 e. The first-order valence-corrected chi connectivity index (χ1v) is 6.64. The molecule has 2 heterocycles. The number of hydrogen-bond acceptors (Lipinski definition) is 4. The van der Waals surface area contributed by atoms with Crippen LogP contribution in [-0.4, -0.2) is 63.5 Å². The molecule has 2 rings (SSSR count). The molecule has 0 bridgehead atoms. The molecular formula is C13H26N2O2. The van der Waals surface area contributed by atoms with E-state index < -0.39 is 0 Å². The van der Waals surface area contributed by atoms with E-state index in [2.05, 4.69) is 24.1 Å². The molecule has 100 valence electrons. The van der Waals surface area contributed by atoms with Gasteiger partial charge in [-0.15, -0.1) is 0 Å². The van der Waals surface area contributed by atoms with Crippen molar-refractivity contribution < 1.29 is 9.47 Å². The van der Waals surface area contributed by atoms with E-state index in [1.165, 1.54) is 6.42 Å². The molecule has 0 saturated carbocycles. The third kappa shape index (κ3) is 3.41. The Morgan fingerprint density at radius 2 is 2.12 bits per heavy atom. The highest BCUT2D eigenvalue weighted by Gasteiger charge is 2.38. The van der Waals surface area contributed by atoms with Crippen molar-refractivity contribution in [2.24, 2.45) is 5.41 Å². The molecule has 0 spiro atoms. The van der Waals surface area contributed by atoms with Gasteiger partial charge in [0.05, 0.1) is 18.8 Å². The van der Waals surface area contributed by atoms with Crippen LogP contribution < -0.4 is 5.32 Å². The largest absolute Gasteiger partial charge is 0.381 e. The molecule has 2 aliphatic rings. The Kier molecular flexibility index (Phi) is 4.08. The first-order chi connectivity index (χ1) is 8.05. The second kappa shape index (κ2) is 5.22. The second-order valence-corrected chi connectivity index (χ2v) is 6.15. The SMILES string of the molecule is CNCC1(CN2CCOC(C)(C)C2)CCOC1. The van der Waals surface area contributed by atoms with Crippen LogP contribution in [0.4, 0.5) is 0 Å². The molecule has 0 amide bonds. The maximum atomic E-state index is 5.76. The number of morpholine rings is 1. The Bertz CT molecular complexity index is 250. The van der Waals surface area contributed by atoms with Crippen LogP contribution >= 0.6 is 0 Å². The van der Waals surface area contributed by atoms with E-state index in [1.807, 2.05) is 7.05 Å². The summed E-state index contributed by atoms with van der Waals surface area (Å²) < 4.78 is 11.4. The summed E-state index contributed by atoms with van der Waals surface area (Å²) in [4.78, 5) is 2.54. The molecule has 1 atom stereocenters. The molecule has 0 aromatic heterocycles. The highest BCUT2D eigenvalue weighted by Crippen LogP contribution is 2.30. The third-order valence-corrected chi connectivity index (χ3v) is 3.80. The molecule has 0 aromatic carbocycles. The average molecular weight is 242 g/mol. The third-order valence-electron chi connectivity index (χ3n) is 3.80. The van der Waals surface area contributed by atoms with Gasteiger partial charge in [-0.3, -0.25) is 4.90 Å². The van der Waals surface area contributed by atoms with Crippen LogP contribution in [0.5, 0.6) is 0 Å². The molecule has 0 radical (unpaired) electrons. The Morgan fingerprint density at radius 3 is 2.71 bits per heavy atom. The van der Waals surface area contributed by atoms with E-state index in [1.54, 1.807) is 0 Å².